The van der Waals surface area contributed by atoms with Crippen LogP contribution in [0.4, 0.5) is 13.2 Å². The summed E-state index contributed by atoms with van der Waals surface area (Å²) < 4.78 is 41.6. The summed E-state index contributed by atoms with van der Waals surface area (Å²) in [5, 5.41) is 14.2. The topological polar surface area (TPSA) is 38.0 Å². The van der Waals surface area contributed by atoms with E-state index in [1.807, 2.05) is 6.92 Å². The van der Waals surface area contributed by atoms with Crippen LogP contribution in [0, 0.1) is 17.5 Å². The van der Waals surface area contributed by atoms with E-state index in [-0.39, 0.29) is 10.7 Å². The molecule has 1 atom stereocenters. The van der Waals surface area contributed by atoms with Crippen LogP contribution in [-0.2, 0) is 6.54 Å². The third kappa shape index (κ3) is 2.66. The van der Waals surface area contributed by atoms with Gasteiger partial charge in [-0.1, -0.05) is 18.5 Å². The summed E-state index contributed by atoms with van der Waals surface area (Å²) in [5.74, 6) is -3.39. The van der Waals surface area contributed by atoms with Crippen molar-refractivity contribution in [2.45, 2.75) is 26.0 Å². The first-order chi connectivity index (χ1) is 9.45. The van der Waals surface area contributed by atoms with Crippen molar-refractivity contribution in [3.05, 3.63) is 52.1 Å². The molecule has 3 nitrogen and oxygen atoms in total. The molecule has 2 aromatic rings. The van der Waals surface area contributed by atoms with Crippen molar-refractivity contribution >= 4 is 11.6 Å². The highest BCUT2D eigenvalue weighted by Gasteiger charge is 2.26. The molecule has 1 N–H and O–H groups in total. The van der Waals surface area contributed by atoms with Crippen molar-refractivity contribution in [1.82, 2.24) is 9.78 Å². The Kier molecular flexibility index (Phi) is 4.35. The number of aliphatic hydroxyl groups excluding tert-OH is 1. The molecular weight excluding hydrogens is 293 g/mol. The summed E-state index contributed by atoms with van der Waals surface area (Å²) in [6, 6.07) is 1.02. The van der Waals surface area contributed by atoms with Gasteiger partial charge < -0.3 is 5.11 Å². The minimum atomic E-state index is -1.66. The maximum Gasteiger partial charge on any atom is 0.135 e. The van der Waals surface area contributed by atoms with Gasteiger partial charge in [0.2, 0.25) is 0 Å². The number of benzene rings is 1. The number of halogens is 4. The van der Waals surface area contributed by atoms with Crippen molar-refractivity contribution in [1.29, 1.82) is 0 Å². The second-order valence-electron chi connectivity index (χ2n) is 4.29. The van der Waals surface area contributed by atoms with Gasteiger partial charge in [-0.2, -0.15) is 5.10 Å². The fourth-order valence-corrected chi connectivity index (χ4v) is 2.23. The monoisotopic (exact) mass is 304 g/mol. The van der Waals surface area contributed by atoms with Crippen molar-refractivity contribution < 1.29 is 18.3 Å². The molecule has 1 unspecified atom stereocenters. The Morgan fingerprint density at radius 3 is 2.45 bits per heavy atom. The second-order valence-corrected chi connectivity index (χ2v) is 4.69. The molecule has 0 saturated heterocycles. The van der Waals surface area contributed by atoms with Crippen molar-refractivity contribution in [3.8, 4) is 0 Å². The number of aliphatic hydroxyl groups is 1. The second kappa shape index (κ2) is 5.85. The zero-order valence-corrected chi connectivity index (χ0v) is 11.3. The summed E-state index contributed by atoms with van der Waals surface area (Å²) in [6.07, 6.45) is 0.332. The standard InChI is InChI=1S/C13H12ClF3N2O/c1-2-3-19-12(8(14)6-18-19)13(20)11-9(16)4-7(15)5-10(11)17/h4-6,13,20H,2-3H2,1H3. The van der Waals surface area contributed by atoms with Gasteiger partial charge in [-0.25, -0.2) is 13.2 Å². The Labute approximate surface area is 118 Å². The van der Waals surface area contributed by atoms with E-state index < -0.39 is 29.1 Å². The predicted molar refractivity (Wildman–Crippen MR) is 67.9 cm³/mol. The van der Waals surface area contributed by atoms with E-state index in [4.69, 9.17) is 11.6 Å². The highest BCUT2D eigenvalue weighted by Crippen LogP contribution is 2.31. The van der Waals surface area contributed by atoms with Crippen LogP contribution in [0.25, 0.3) is 0 Å². The molecule has 20 heavy (non-hydrogen) atoms. The van der Waals surface area contributed by atoms with Gasteiger partial charge in [-0.15, -0.1) is 0 Å². The lowest BCUT2D eigenvalue weighted by Crippen LogP contribution is -2.13. The van der Waals surface area contributed by atoms with E-state index in [9.17, 15) is 18.3 Å². The average Bonchev–Trinajstić information content (AvgIpc) is 2.69. The molecule has 0 amide bonds. The van der Waals surface area contributed by atoms with Gasteiger partial charge in [-0.3, -0.25) is 4.68 Å². The van der Waals surface area contributed by atoms with Crippen molar-refractivity contribution in [2.24, 2.45) is 0 Å². The van der Waals surface area contributed by atoms with Crippen molar-refractivity contribution in [2.75, 3.05) is 0 Å². The minimum absolute atomic E-state index is 0.0814. The van der Waals surface area contributed by atoms with E-state index in [0.717, 1.165) is 0 Å². The molecule has 0 bridgehead atoms. The average molecular weight is 305 g/mol. The minimum Gasteiger partial charge on any atom is -0.382 e. The molecule has 0 aliphatic carbocycles. The fraction of sp³-hybridized carbons (Fsp3) is 0.308. The Balaban J connectivity index is 2.52. The Bertz CT molecular complexity index is 607. The van der Waals surface area contributed by atoms with Gasteiger partial charge in [0.15, 0.2) is 0 Å². The molecule has 0 spiro atoms. The van der Waals surface area contributed by atoms with Gasteiger partial charge in [0.25, 0.3) is 0 Å². The highest BCUT2D eigenvalue weighted by atomic mass is 35.5. The van der Waals surface area contributed by atoms with Gasteiger partial charge >= 0.3 is 0 Å². The third-order valence-electron chi connectivity index (χ3n) is 2.84. The summed E-state index contributed by atoms with van der Waals surface area (Å²) in [5.41, 5.74) is -0.566. The van der Waals surface area contributed by atoms with Crippen LogP contribution in [0.15, 0.2) is 18.3 Å². The quantitative estimate of drug-likeness (QED) is 0.939. The maximum absolute atomic E-state index is 13.7. The number of nitrogens with zero attached hydrogens (tertiary/aromatic N) is 2. The SMILES string of the molecule is CCCn1ncc(Cl)c1C(O)c1c(F)cc(F)cc1F. The lowest BCUT2D eigenvalue weighted by molar-refractivity contribution is 0.196. The van der Waals surface area contributed by atoms with Crippen LogP contribution in [0.2, 0.25) is 5.02 Å². The Hall–Kier alpha value is -1.53. The molecule has 7 heteroatoms. The number of aromatic nitrogens is 2. The molecule has 0 radical (unpaired) electrons. The van der Waals surface area contributed by atoms with Gasteiger partial charge in [-0.05, 0) is 6.42 Å². The Morgan fingerprint density at radius 2 is 1.90 bits per heavy atom. The maximum atomic E-state index is 13.7. The van der Waals surface area contributed by atoms with Crippen LogP contribution in [0.3, 0.4) is 0 Å². The zero-order chi connectivity index (χ0) is 14.9. The van der Waals surface area contributed by atoms with Crippen LogP contribution >= 0.6 is 11.6 Å². The van der Waals surface area contributed by atoms with Crippen LogP contribution in [0.1, 0.15) is 30.7 Å². The summed E-state index contributed by atoms with van der Waals surface area (Å²) in [6.45, 7) is 2.31. The molecule has 108 valence electrons. The molecule has 0 fully saturated rings. The first-order valence-corrected chi connectivity index (χ1v) is 6.37. The van der Waals surface area contributed by atoms with Gasteiger partial charge in [0.05, 0.1) is 22.5 Å². The summed E-state index contributed by atoms with van der Waals surface area (Å²) >= 11 is 5.90. The lowest BCUT2D eigenvalue weighted by atomic mass is 10.0. The molecular formula is C13H12ClF3N2O. The Morgan fingerprint density at radius 1 is 1.30 bits per heavy atom. The number of rotatable bonds is 4. The van der Waals surface area contributed by atoms with Gasteiger partial charge in [0, 0.05) is 18.7 Å². The molecule has 0 saturated carbocycles. The fourth-order valence-electron chi connectivity index (χ4n) is 1.99. The number of hydrogen-bond acceptors (Lipinski definition) is 2. The van der Waals surface area contributed by atoms with E-state index in [2.05, 4.69) is 5.10 Å². The smallest absolute Gasteiger partial charge is 0.135 e. The highest BCUT2D eigenvalue weighted by molar-refractivity contribution is 6.31. The molecule has 2 rings (SSSR count). The molecule has 0 aliphatic rings. The number of hydrogen-bond donors (Lipinski definition) is 1. The lowest BCUT2D eigenvalue weighted by Gasteiger charge is -2.15. The molecule has 1 aromatic heterocycles. The van der Waals surface area contributed by atoms with E-state index in [0.29, 0.717) is 25.1 Å². The third-order valence-corrected chi connectivity index (χ3v) is 3.14. The first-order valence-electron chi connectivity index (χ1n) is 5.99. The normalized spacial score (nSPS) is 12.7. The predicted octanol–water partition coefficient (Wildman–Crippen LogP) is 3.45. The van der Waals surface area contributed by atoms with Crippen LogP contribution in [-0.4, -0.2) is 14.9 Å². The molecule has 0 aliphatic heterocycles. The number of aryl methyl sites for hydroxylation is 1. The van der Waals surface area contributed by atoms with E-state index in [1.54, 1.807) is 0 Å². The molecule has 1 heterocycles. The summed E-state index contributed by atoms with van der Waals surface area (Å²) in [4.78, 5) is 0. The van der Waals surface area contributed by atoms with Crippen molar-refractivity contribution in [3.63, 3.8) is 0 Å². The van der Waals surface area contributed by atoms with E-state index in [1.165, 1.54) is 10.9 Å². The largest absolute Gasteiger partial charge is 0.382 e. The zero-order valence-electron chi connectivity index (χ0n) is 10.6. The molecule has 1 aromatic carbocycles. The summed E-state index contributed by atoms with van der Waals surface area (Å²) in [7, 11) is 0. The van der Waals surface area contributed by atoms with Crippen LogP contribution in [0.5, 0.6) is 0 Å². The van der Waals surface area contributed by atoms with E-state index >= 15 is 0 Å². The van der Waals surface area contributed by atoms with Crippen LogP contribution < -0.4 is 0 Å². The first kappa shape index (κ1) is 14.9. The van der Waals surface area contributed by atoms with Gasteiger partial charge in [0.1, 0.15) is 23.6 Å².